The molecule has 10 heteroatoms. The van der Waals surface area contributed by atoms with Gasteiger partial charge in [-0.2, -0.15) is 0 Å². The molecule has 0 rings (SSSR count). The molecule has 0 aliphatic heterocycles. The third-order valence-corrected chi connectivity index (χ3v) is 15.1. The molecule has 0 bridgehead atoms. The zero-order valence-corrected chi connectivity index (χ0v) is 52.1. The van der Waals surface area contributed by atoms with Crippen LogP contribution in [0.15, 0.2) is 72.9 Å². The van der Waals surface area contributed by atoms with Crippen LogP contribution in [-0.2, 0) is 27.9 Å². The van der Waals surface area contributed by atoms with Gasteiger partial charge in [-0.3, -0.25) is 18.6 Å². The number of nitrogens with one attached hydrogen (secondary N) is 1. The first-order valence-electron chi connectivity index (χ1n) is 32.3. The van der Waals surface area contributed by atoms with Gasteiger partial charge in [-0.15, -0.1) is 0 Å². The molecule has 0 aliphatic rings. The Bertz CT molecular complexity index is 1550. The number of quaternary nitrogens is 1. The second-order valence-electron chi connectivity index (χ2n) is 22.9. The number of esters is 1. The van der Waals surface area contributed by atoms with Crippen LogP contribution in [0.1, 0.15) is 290 Å². The van der Waals surface area contributed by atoms with E-state index in [1.165, 1.54) is 167 Å². The summed E-state index contributed by atoms with van der Waals surface area (Å²) < 4.78 is 30.7. The number of amides is 1. The average Bonchev–Trinajstić information content (AvgIpc) is 3.39. The fourth-order valence-electron chi connectivity index (χ4n) is 9.10. The highest BCUT2D eigenvalue weighted by atomic mass is 31.2. The van der Waals surface area contributed by atoms with Crippen LogP contribution < -0.4 is 5.32 Å². The Morgan fingerprint density at radius 1 is 0.455 bits per heavy atom. The Kier molecular flexibility index (Phi) is 54.8. The summed E-state index contributed by atoms with van der Waals surface area (Å²) in [7, 11) is 1.49. The van der Waals surface area contributed by atoms with Gasteiger partial charge >= 0.3 is 13.8 Å². The summed E-state index contributed by atoms with van der Waals surface area (Å²) in [5.41, 5.74) is 0. The second kappa shape index (κ2) is 56.7. The normalized spacial score (nSPS) is 14.1. The Hall–Kier alpha value is -2.55. The van der Waals surface area contributed by atoms with Crippen molar-refractivity contribution in [3.8, 4) is 0 Å². The van der Waals surface area contributed by atoms with Gasteiger partial charge in [0.25, 0.3) is 0 Å². The number of likely N-dealkylation sites (N-methyl/N-ethyl adjacent to an activating group) is 1. The molecular formula is C67H124N2O7P+. The molecule has 0 fully saturated rings. The quantitative estimate of drug-likeness (QED) is 0.0205. The fraction of sp³-hybridized carbons (Fsp3) is 0.791. The number of hydrogen-bond acceptors (Lipinski definition) is 6. The van der Waals surface area contributed by atoms with E-state index < -0.39 is 20.0 Å². The molecule has 0 aromatic rings. The van der Waals surface area contributed by atoms with Crippen LogP contribution in [0.4, 0.5) is 0 Å². The van der Waals surface area contributed by atoms with E-state index in [-0.39, 0.29) is 31.5 Å². The summed E-state index contributed by atoms with van der Waals surface area (Å²) >= 11 is 0. The van der Waals surface area contributed by atoms with Gasteiger partial charge in [0.1, 0.15) is 19.3 Å². The van der Waals surface area contributed by atoms with Gasteiger partial charge in [-0.05, 0) is 102 Å². The smallest absolute Gasteiger partial charge is 0.456 e. The van der Waals surface area contributed by atoms with Crippen molar-refractivity contribution < 1.29 is 37.3 Å². The van der Waals surface area contributed by atoms with E-state index in [0.29, 0.717) is 17.4 Å². The highest BCUT2D eigenvalue weighted by Crippen LogP contribution is 2.43. The van der Waals surface area contributed by atoms with Crippen LogP contribution in [0.3, 0.4) is 0 Å². The first-order valence-corrected chi connectivity index (χ1v) is 33.8. The molecule has 1 amide bonds. The lowest BCUT2D eigenvalue weighted by molar-refractivity contribution is -0.870. The van der Waals surface area contributed by atoms with Crippen molar-refractivity contribution >= 4 is 19.7 Å². The lowest BCUT2D eigenvalue weighted by atomic mass is 10.0. The summed E-state index contributed by atoms with van der Waals surface area (Å²) in [6.45, 7) is 6.96. The zero-order valence-electron chi connectivity index (χ0n) is 51.2. The van der Waals surface area contributed by atoms with E-state index >= 15 is 0 Å². The van der Waals surface area contributed by atoms with Crippen molar-refractivity contribution in [3.63, 3.8) is 0 Å². The number of phosphoric acid groups is 1. The van der Waals surface area contributed by atoms with Gasteiger partial charge in [-0.25, -0.2) is 4.57 Å². The molecule has 3 unspecified atom stereocenters. The van der Waals surface area contributed by atoms with E-state index in [2.05, 4.69) is 86.8 Å². The lowest BCUT2D eigenvalue weighted by Gasteiger charge is -2.27. The van der Waals surface area contributed by atoms with Gasteiger partial charge in [0.05, 0.1) is 33.8 Å². The minimum atomic E-state index is -4.45. The summed E-state index contributed by atoms with van der Waals surface area (Å²) in [6.07, 6.45) is 73.2. The van der Waals surface area contributed by atoms with Crippen molar-refractivity contribution in [2.75, 3.05) is 40.9 Å². The molecule has 77 heavy (non-hydrogen) atoms. The van der Waals surface area contributed by atoms with Crippen LogP contribution in [0.2, 0.25) is 0 Å². The van der Waals surface area contributed by atoms with Crippen molar-refractivity contribution in [1.29, 1.82) is 0 Å². The molecular weight excluding hydrogens is 976 g/mol. The lowest BCUT2D eigenvalue weighted by Crippen LogP contribution is -2.47. The van der Waals surface area contributed by atoms with Gasteiger partial charge in [0, 0.05) is 12.8 Å². The maximum absolute atomic E-state index is 13.5. The number of phosphoric ester groups is 1. The van der Waals surface area contributed by atoms with Crippen LogP contribution in [0.5, 0.6) is 0 Å². The highest BCUT2D eigenvalue weighted by molar-refractivity contribution is 7.47. The number of carbonyl (C=O) groups is 2. The summed E-state index contributed by atoms with van der Waals surface area (Å²) in [6, 6.07) is -0.856. The molecule has 0 aromatic heterocycles. The number of hydrogen-bond donors (Lipinski definition) is 2. The Labute approximate surface area is 476 Å². The van der Waals surface area contributed by atoms with E-state index in [9.17, 15) is 19.0 Å². The zero-order chi connectivity index (χ0) is 56.4. The molecule has 0 radical (unpaired) electrons. The van der Waals surface area contributed by atoms with Crippen molar-refractivity contribution in [2.24, 2.45) is 0 Å². The number of unbranched alkanes of at least 4 members (excludes halogenated alkanes) is 32. The van der Waals surface area contributed by atoms with Crippen LogP contribution in [-0.4, -0.2) is 74.3 Å². The van der Waals surface area contributed by atoms with E-state index in [4.69, 9.17) is 13.8 Å². The van der Waals surface area contributed by atoms with E-state index in [1.54, 1.807) is 0 Å². The number of rotatable bonds is 58. The van der Waals surface area contributed by atoms with Gasteiger partial charge in [0.2, 0.25) is 5.91 Å². The molecule has 0 aromatic carbocycles. The Morgan fingerprint density at radius 2 is 0.792 bits per heavy atom. The van der Waals surface area contributed by atoms with Crippen molar-refractivity contribution in [3.05, 3.63) is 72.9 Å². The molecule has 0 heterocycles. The predicted octanol–water partition coefficient (Wildman–Crippen LogP) is 20.0. The molecule has 0 aliphatic carbocycles. The summed E-state index contributed by atoms with van der Waals surface area (Å²) in [5.74, 6) is -0.515. The van der Waals surface area contributed by atoms with E-state index in [0.717, 1.165) is 89.9 Å². The topological polar surface area (TPSA) is 111 Å². The molecule has 0 saturated heterocycles. The number of carbonyl (C=O) groups excluding carboxylic acids is 2. The van der Waals surface area contributed by atoms with Gasteiger partial charge in [-0.1, -0.05) is 248 Å². The third-order valence-electron chi connectivity index (χ3n) is 14.1. The second-order valence-corrected chi connectivity index (χ2v) is 24.4. The van der Waals surface area contributed by atoms with Crippen LogP contribution in [0, 0.1) is 0 Å². The minimum absolute atomic E-state index is 0.0360. The van der Waals surface area contributed by atoms with Crippen molar-refractivity contribution in [2.45, 2.75) is 303 Å². The Balaban J connectivity index is 5.16. The molecule has 448 valence electrons. The monoisotopic (exact) mass is 1100 g/mol. The summed E-state index contributed by atoms with van der Waals surface area (Å²) in [5, 5.41) is 3.05. The largest absolute Gasteiger partial charge is 0.472 e. The van der Waals surface area contributed by atoms with Crippen LogP contribution in [0.25, 0.3) is 0 Å². The Morgan fingerprint density at radius 3 is 1.21 bits per heavy atom. The number of nitrogens with zero attached hydrogens (tertiary/aromatic N) is 1. The van der Waals surface area contributed by atoms with Gasteiger partial charge < -0.3 is 19.4 Å². The van der Waals surface area contributed by atoms with Gasteiger partial charge in [0.15, 0.2) is 0 Å². The number of ether oxygens (including phenoxy) is 1. The van der Waals surface area contributed by atoms with E-state index in [1.807, 2.05) is 33.3 Å². The predicted molar refractivity (Wildman–Crippen MR) is 332 cm³/mol. The number of allylic oxidation sites excluding steroid dienone is 11. The average molecular weight is 1100 g/mol. The maximum atomic E-state index is 13.5. The molecule has 2 N–H and O–H groups in total. The molecule has 0 spiro atoms. The minimum Gasteiger partial charge on any atom is -0.456 e. The molecule has 9 nitrogen and oxygen atoms in total. The summed E-state index contributed by atoms with van der Waals surface area (Å²) in [4.78, 5) is 37.7. The highest BCUT2D eigenvalue weighted by Gasteiger charge is 2.30. The first-order chi connectivity index (χ1) is 37.4. The molecule has 3 atom stereocenters. The standard InChI is InChI=1S/C67H123N2O7P/c1-7-10-13-16-19-22-25-27-29-31-32-33-34-35-36-38-40-42-45-48-51-54-57-60-67(71)76-65(58-55-52-49-46-43-24-21-18-15-12-9-3)64(63-75-77(72,73)74-62-61-69(4,5)6)68-66(70)59-56-53-50-47-44-41-39-37-30-28-26-23-20-17-14-11-8-2/h19-20,22-23,27-30,32-33,55,58,64-65H,7-18,21,24-26,31,34-54,56-57,59-63H2,1-6H3,(H-,68,70,72,73)/p+1/b22-19-,23-20-,29-27-,30-28-,33-32-,58-55-. The third kappa shape index (κ3) is 57.9. The first kappa shape index (κ1) is 74.5. The maximum Gasteiger partial charge on any atom is 0.472 e. The fourth-order valence-corrected chi connectivity index (χ4v) is 9.83. The van der Waals surface area contributed by atoms with Crippen molar-refractivity contribution in [1.82, 2.24) is 5.32 Å². The molecule has 0 saturated carbocycles. The van der Waals surface area contributed by atoms with Crippen LogP contribution >= 0.6 is 7.82 Å². The SMILES string of the molecule is CCCCC/C=C\C/C=C\C/C=C\CCCCCCCCCCCCC(=O)OC(/C=C\CCCCCCCCCCC)C(COP(=O)(O)OCC[N+](C)(C)C)NC(=O)CCCCCCCCC/C=C\C/C=C\CCCCC.